The number of aliphatic hydroxyl groups is 2. The number of rotatable bonds is 8. The van der Waals surface area contributed by atoms with Gasteiger partial charge in [-0.05, 0) is 35.2 Å². The normalized spacial score (nSPS) is 20.3. The van der Waals surface area contributed by atoms with Gasteiger partial charge in [-0.15, -0.1) is 0 Å². The topological polar surface area (TPSA) is 132 Å². The van der Waals surface area contributed by atoms with Gasteiger partial charge >= 0.3 is 0 Å². The summed E-state index contributed by atoms with van der Waals surface area (Å²) in [6, 6.07) is 24.5. The summed E-state index contributed by atoms with van der Waals surface area (Å²) in [4.78, 5) is 8.74. The first kappa shape index (κ1) is 27.6. The molecule has 1 aliphatic heterocycles. The number of ether oxygens (including phenoxy) is 1. The van der Waals surface area contributed by atoms with Crippen LogP contribution in [0.3, 0.4) is 0 Å². The molecule has 3 aromatic heterocycles. The fourth-order valence-corrected chi connectivity index (χ4v) is 7.00. The fraction of sp³-hybridized carbons (Fsp3) is 0.242. The number of aromatic nitrogens is 4. The van der Waals surface area contributed by atoms with Crippen LogP contribution in [0.4, 0.5) is 5.82 Å². The quantitative estimate of drug-likeness (QED) is 0.216. The number of nitrogens with two attached hydrogens (primary N) is 1. The minimum Gasteiger partial charge on any atom is -0.387 e. The van der Waals surface area contributed by atoms with E-state index in [1.807, 2.05) is 55.6 Å². The van der Waals surface area contributed by atoms with Crippen LogP contribution in [-0.4, -0.2) is 54.0 Å². The maximum Gasteiger partial charge on any atom is 0.171 e. The number of aryl methyl sites for hydroxylation is 1. The number of thioether (sulfide) groups is 1. The molecule has 10 heteroatoms. The molecule has 1 saturated heterocycles. The van der Waals surface area contributed by atoms with E-state index < -0.39 is 24.5 Å². The molecule has 1 aliphatic rings. The zero-order valence-corrected chi connectivity index (χ0v) is 24.3. The molecule has 3 aromatic carbocycles. The van der Waals surface area contributed by atoms with Crippen molar-refractivity contribution < 1.29 is 19.5 Å². The first-order valence-electron chi connectivity index (χ1n) is 14.2. The maximum atomic E-state index is 11.1. The Morgan fingerprint density at radius 3 is 2.58 bits per heavy atom. The third kappa shape index (κ3) is 5.16. The van der Waals surface area contributed by atoms with Crippen LogP contribution < -0.4 is 5.73 Å². The van der Waals surface area contributed by atoms with Crippen LogP contribution in [0.25, 0.3) is 33.1 Å². The van der Waals surface area contributed by atoms with Crippen LogP contribution >= 0.6 is 11.8 Å². The number of nitrogen functional groups attached to an aromatic ring is 1. The molecule has 0 spiro atoms. The van der Waals surface area contributed by atoms with Crippen molar-refractivity contribution in [1.82, 2.24) is 19.7 Å². The van der Waals surface area contributed by atoms with Crippen LogP contribution in [0, 0.1) is 6.92 Å². The van der Waals surface area contributed by atoms with E-state index in [1.165, 1.54) is 11.7 Å². The summed E-state index contributed by atoms with van der Waals surface area (Å²) < 4.78 is 13.7. The summed E-state index contributed by atoms with van der Waals surface area (Å²) in [6.45, 7) is 1.92. The van der Waals surface area contributed by atoms with Crippen molar-refractivity contribution in [3.05, 3.63) is 108 Å². The first-order valence-corrected chi connectivity index (χ1v) is 15.3. The Morgan fingerprint density at radius 2 is 1.74 bits per heavy atom. The van der Waals surface area contributed by atoms with Gasteiger partial charge in [-0.2, -0.15) is 11.8 Å². The molecule has 6 aromatic rings. The van der Waals surface area contributed by atoms with Crippen LogP contribution in [0.1, 0.15) is 28.6 Å². The van der Waals surface area contributed by atoms with Crippen LogP contribution in [-0.2, 0) is 16.9 Å². The van der Waals surface area contributed by atoms with E-state index in [1.54, 1.807) is 16.3 Å². The molecule has 9 nitrogen and oxygen atoms in total. The Balaban J connectivity index is 1.11. The number of hydrogen-bond donors (Lipinski definition) is 3. The lowest BCUT2D eigenvalue weighted by molar-refractivity contribution is -0.0286. The molecule has 0 unspecified atom stereocenters. The van der Waals surface area contributed by atoms with E-state index in [0.717, 1.165) is 44.5 Å². The molecule has 7 rings (SSSR count). The second-order valence-corrected chi connectivity index (χ2v) is 11.9. The summed E-state index contributed by atoms with van der Waals surface area (Å²) in [5.41, 5.74) is 11.7. The van der Waals surface area contributed by atoms with Gasteiger partial charge in [0.2, 0.25) is 0 Å². The van der Waals surface area contributed by atoms with Crippen molar-refractivity contribution in [3.63, 3.8) is 0 Å². The third-order valence-electron chi connectivity index (χ3n) is 8.09. The lowest BCUT2D eigenvalue weighted by atomic mass is 10.0. The highest BCUT2D eigenvalue weighted by Gasteiger charge is 2.44. The van der Waals surface area contributed by atoms with E-state index in [4.69, 9.17) is 15.0 Å². The van der Waals surface area contributed by atoms with Gasteiger partial charge in [0.15, 0.2) is 12.0 Å². The summed E-state index contributed by atoms with van der Waals surface area (Å²) in [6.07, 6.45) is 0.265. The highest BCUT2D eigenvalue weighted by molar-refractivity contribution is 7.98. The molecule has 1 fully saturated rings. The molecule has 0 amide bonds. The van der Waals surface area contributed by atoms with Gasteiger partial charge in [-0.1, -0.05) is 78.0 Å². The zero-order valence-electron chi connectivity index (χ0n) is 23.5. The van der Waals surface area contributed by atoms with Crippen LogP contribution in [0.5, 0.6) is 0 Å². The number of benzene rings is 3. The highest BCUT2D eigenvalue weighted by Crippen LogP contribution is 2.37. The predicted octanol–water partition coefficient (Wildman–Crippen LogP) is 5.27. The first-order chi connectivity index (χ1) is 21.0. The lowest BCUT2D eigenvalue weighted by Gasteiger charge is -2.17. The van der Waals surface area contributed by atoms with Gasteiger partial charge < -0.3 is 29.8 Å². The van der Waals surface area contributed by atoms with Crippen LogP contribution in [0.2, 0.25) is 0 Å². The lowest BCUT2D eigenvalue weighted by Crippen LogP contribution is -2.32. The second kappa shape index (κ2) is 11.5. The molecule has 43 heavy (non-hydrogen) atoms. The molecule has 218 valence electrons. The van der Waals surface area contributed by atoms with E-state index in [-0.39, 0.29) is 0 Å². The van der Waals surface area contributed by atoms with Crippen molar-refractivity contribution in [1.29, 1.82) is 0 Å². The molecular formula is C33H31N5O4S. The van der Waals surface area contributed by atoms with E-state index in [0.29, 0.717) is 29.4 Å². The SMILES string of the molecule is Cc1noc(-c2ccccc2)c1CSC[C@H]1O[C@@H](n2cc(Cc3ccc4ccccc4c3)c3c(N)ncnc32)[C@H](O)[C@@H]1O. The average molecular weight is 594 g/mol. The Kier molecular flexibility index (Phi) is 7.36. The van der Waals surface area contributed by atoms with Crippen LogP contribution in [0.15, 0.2) is 89.8 Å². The van der Waals surface area contributed by atoms with Crippen molar-refractivity contribution in [2.24, 2.45) is 0 Å². The highest BCUT2D eigenvalue weighted by atomic mass is 32.2. The molecule has 0 aliphatic carbocycles. The molecule has 0 saturated carbocycles. The summed E-state index contributed by atoms with van der Waals surface area (Å²) in [7, 11) is 0. The van der Waals surface area contributed by atoms with Gasteiger partial charge in [0, 0.05) is 28.8 Å². The standard InChI is InChI=1S/C33H31N5O4S/c1-19-25(30(42-37-19)22-8-3-2-4-9-22)16-43-17-26-28(39)29(40)33(41-26)38-15-24(27-31(34)35-18-36-32(27)38)14-20-11-12-21-7-5-6-10-23(21)13-20/h2-13,15,18,26,28-29,33,39-40H,14,16-17H2,1H3,(H2,34,35,36)/t26-,28-,29-,33-/m1/s1. The smallest absolute Gasteiger partial charge is 0.171 e. The van der Waals surface area contributed by atoms with Crippen molar-refractivity contribution in [2.75, 3.05) is 11.5 Å². The predicted molar refractivity (Wildman–Crippen MR) is 167 cm³/mol. The van der Waals surface area contributed by atoms with Gasteiger partial charge in [0.1, 0.15) is 30.0 Å². The van der Waals surface area contributed by atoms with Gasteiger partial charge in [0.05, 0.1) is 17.2 Å². The van der Waals surface area contributed by atoms with Gasteiger partial charge in [-0.25, -0.2) is 9.97 Å². The maximum absolute atomic E-state index is 11.1. The Morgan fingerprint density at radius 1 is 0.953 bits per heavy atom. The van der Waals surface area contributed by atoms with Crippen molar-refractivity contribution in [3.8, 4) is 11.3 Å². The molecular weight excluding hydrogens is 562 g/mol. The van der Waals surface area contributed by atoms with E-state index in [2.05, 4.69) is 45.5 Å². The molecule has 4 heterocycles. The fourth-order valence-electron chi connectivity index (χ4n) is 5.83. The minimum absolute atomic E-state index is 0.359. The van der Waals surface area contributed by atoms with E-state index >= 15 is 0 Å². The van der Waals surface area contributed by atoms with Crippen molar-refractivity contribution >= 4 is 39.4 Å². The number of fused-ring (bicyclic) bond motifs is 2. The molecule has 0 radical (unpaired) electrons. The third-order valence-corrected chi connectivity index (χ3v) is 9.14. The average Bonchev–Trinajstić information content (AvgIpc) is 3.67. The Labute approximate surface area is 252 Å². The van der Waals surface area contributed by atoms with E-state index in [9.17, 15) is 10.2 Å². The number of nitrogens with zero attached hydrogens (tertiary/aromatic N) is 4. The summed E-state index contributed by atoms with van der Waals surface area (Å²) >= 11 is 1.60. The molecule has 4 atom stereocenters. The molecule has 0 bridgehead atoms. The summed E-state index contributed by atoms with van der Waals surface area (Å²) in [5.74, 6) is 2.19. The Bertz CT molecular complexity index is 1910. The second-order valence-electron chi connectivity index (χ2n) is 10.9. The van der Waals surface area contributed by atoms with Gasteiger partial charge in [0.25, 0.3) is 0 Å². The largest absolute Gasteiger partial charge is 0.387 e. The van der Waals surface area contributed by atoms with Crippen molar-refractivity contribution in [2.45, 2.75) is 43.6 Å². The molecule has 4 N–H and O–H groups in total. The zero-order chi connectivity index (χ0) is 29.5. The number of anilines is 1. The summed E-state index contributed by atoms with van der Waals surface area (Å²) in [5, 5.41) is 29.4. The minimum atomic E-state index is -1.15. The Hall–Kier alpha value is -4.22. The number of aliphatic hydroxyl groups excluding tert-OH is 2. The monoisotopic (exact) mass is 593 g/mol. The number of hydrogen-bond acceptors (Lipinski definition) is 9. The van der Waals surface area contributed by atoms with Gasteiger partial charge in [-0.3, -0.25) is 0 Å².